The van der Waals surface area contributed by atoms with Gasteiger partial charge in [0.2, 0.25) is 5.91 Å². The number of nitrogens with zero attached hydrogens (tertiary/aromatic N) is 3. The summed E-state index contributed by atoms with van der Waals surface area (Å²) in [5.74, 6) is -0.378. The zero-order valence-corrected chi connectivity index (χ0v) is 29.1. The van der Waals surface area contributed by atoms with E-state index in [1.54, 1.807) is 21.1 Å². The van der Waals surface area contributed by atoms with Gasteiger partial charge in [-0.25, -0.2) is 0 Å². The molecule has 5 atom stereocenters. The second kappa shape index (κ2) is 19.3. The molecule has 12 heteroatoms. The molecule has 0 bridgehead atoms. The third-order valence-corrected chi connectivity index (χ3v) is 9.98. The minimum absolute atomic E-state index is 0.0296. The lowest BCUT2D eigenvalue weighted by Crippen LogP contribution is -2.58. The topological polar surface area (TPSA) is 110 Å². The molecule has 0 aromatic heterocycles. The number of hydrogen-bond acceptors (Lipinski definition) is 10. The zero-order valence-electron chi connectivity index (χ0n) is 29.1. The van der Waals surface area contributed by atoms with Crippen molar-refractivity contribution in [3.63, 3.8) is 0 Å². The predicted octanol–water partition coefficient (Wildman–Crippen LogP) is 3.39. The van der Waals surface area contributed by atoms with Crippen LogP contribution < -0.4 is 5.32 Å². The highest BCUT2D eigenvalue weighted by Crippen LogP contribution is 2.31. The minimum Gasteiger partial charge on any atom is -0.383 e. The summed E-state index contributed by atoms with van der Waals surface area (Å²) in [6.45, 7) is 9.10. The van der Waals surface area contributed by atoms with Gasteiger partial charge < -0.3 is 34.1 Å². The van der Waals surface area contributed by atoms with Crippen LogP contribution in [0.1, 0.15) is 85.0 Å². The van der Waals surface area contributed by atoms with Crippen LogP contribution >= 0.6 is 0 Å². The summed E-state index contributed by atoms with van der Waals surface area (Å²) in [6.07, 6.45) is 8.53. The fourth-order valence-corrected chi connectivity index (χ4v) is 6.21. The molecule has 0 spiro atoms. The van der Waals surface area contributed by atoms with Crippen molar-refractivity contribution in [3.05, 3.63) is 0 Å². The Bertz CT molecular complexity index is 900. The quantitative estimate of drug-likeness (QED) is 0.176. The summed E-state index contributed by atoms with van der Waals surface area (Å²) in [5.41, 5.74) is -0.466. The fraction of sp³-hybridized carbons (Fsp3) is 0.909. The van der Waals surface area contributed by atoms with Crippen molar-refractivity contribution in [1.82, 2.24) is 20.0 Å². The first-order chi connectivity index (χ1) is 21.3. The van der Waals surface area contributed by atoms with Crippen LogP contribution in [0, 0.1) is 5.92 Å². The number of likely N-dealkylation sites (N-methyl/N-ethyl adjacent to an activating group) is 1. The van der Waals surface area contributed by atoms with E-state index >= 15 is 0 Å². The van der Waals surface area contributed by atoms with Crippen molar-refractivity contribution < 1.29 is 38.1 Å². The van der Waals surface area contributed by atoms with Crippen LogP contribution in [0.5, 0.6) is 0 Å². The molecule has 1 aliphatic carbocycles. The molecule has 4 unspecified atom stereocenters. The maximum absolute atomic E-state index is 12.5. The molecule has 0 aromatic rings. The second-order valence-corrected chi connectivity index (χ2v) is 13.8. The van der Waals surface area contributed by atoms with Crippen LogP contribution in [0.2, 0.25) is 0 Å². The van der Waals surface area contributed by atoms with Gasteiger partial charge in [-0.05, 0) is 104 Å². The molecule has 3 fully saturated rings. The average Bonchev–Trinajstić information content (AvgIpc) is 3.87. The molecule has 3 rings (SSSR count). The number of aldehydes is 1. The highest BCUT2D eigenvalue weighted by molar-refractivity contribution is 5.92. The van der Waals surface area contributed by atoms with Crippen molar-refractivity contribution in [2.24, 2.45) is 5.92 Å². The molecule has 2 aliphatic heterocycles. The van der Waals surface area contributed by atoms with Crippen molar-refractivity contribution in [1.29, 1.82) is 0 Å². The van der Waals surface area contributed by atoms with E-state index in [4.69, 9.17) is 14.2 Å². The molecule has 1 amide bonds. The van der Waals surface area contributed by atoms with Crippen LogP contribution in [0.25, 0.3) is 0 Å². The number of Topliss-reactive ketones (excluding diaryl/α,β-unsaturated/α-hetero) is 1. The number of hydrogen-bond donors (Lipinski definition) is 1. The molecule has 1 saturated carbocycles. The van der Waals surface area contributed by atoms with Crippen molar-refractivity contribution >= 4 is 18.0 Å². The van der Waals surface area contributed by atoms with Gasteiger partial charge in [0.25, 0.3) is 0 Å². The SMILES string of the molecule is CC1CC(N(C)C)CC(OF)O1.COCC1(N(C)CCC[C@](C)(CCC(=O)C(C)C=O)OC)CCN(C(=O)CNC2CC2)CC1. The third kappa shape index (κ3) is 13.2. The molecule has 1 N–H and O–H groups in total. The first-order valence-electron chi connectivity index (χ1n) is 16.7. The molecule has 45 heavy (non-hydrogen) atoms. The van der Waals surface area contributed by atoms with Crippen molar-refractivity contribution in [2.45, 2.75) is 121 Å². The summed E-state index contributed by atoms with van der Waals surface area (Å²) < 4.78 is 28.4. The number of carbonyl (C=O) groups excluding carboxylic acids is 3. The number of carbonyl (C=O) groups is 3. The number of methoxy groups -OCH3 is 2. The third-order valence-electron chi connectivity index (χ3n) is 9.98. The monoisotopic (exact) mass is 644 g/mol. The van der Waals surface area contributed by atoms with Crippen LogP contribution in [0.3, 0.4) is 0 Å². The largest absolute Gasteiger partial charge is 0.383 e. The Morgan fingerprint density at radius 2 is 1.82 bits per heavy atom. The molecular formula is C33H61FN4O7. The number of amides is 1. The number of rotatable bonds is 18. The lowest BCUT2D eigenvalue weighted by Gasteiger charge is -2.47. The first kappa shape index (κ1) is 39.6. The molecular weight excluding hydrogens is 583 g/mol. The summed E-state index contributed by atoms with van der Waals surface area (Å²) in [6, 6.07) is 0.899. The van der Waals surface area contributed by atoms with Crippen molar-refractivity contribution in [2.75, 3.05) is 68.1 Å². The fourth-order valence-electron chi connectivity index (χ4n) is 6.21. The van der Waals surface area contributed by atoms with E-state index in [0.29, 0.717) is 50.8 Å². The Balaban J connectivity index is 0.000000490. The van der Waals surface area contributed by atoms with Gasteiger partial charge >= 0.3 is 0 Å². The zero-order chi connectivity index (χ0) is 33.6. The standard InChI is InChI=1S/C25H45N3O5.C8H16FNO2/c1-20(18-29)22(30)9-11-24(2,33-5)10-6-14-27(3)25(19-32-4)12-15-28(16-13-25)23(31)17-26-21-7-8-21;1-6-4-7(10(2)3)5-8(11-6)12-9/h18,20-21,26H,6-17,19H2,1-5H3;6-8H,4-5H2,1-3H3/t20?,24-;/m1./s1. The summed E-state index contributed by atoms with van der Waals surface area (Å²) in [7, 11) is 9.54. The summed E-state index contributed by atoms with van der Waals surface area (Å²) in [5, 5.41) is 3.32. The lowest BCUT2D eigenvalue weighted by atomic mass is 9.85. The number of piperidine rings is 1. The Labute approximate surface area is 270 Å². The summed E-state index contributed by atoms with van der Waals surface area (Å²) in [4.78, 5) is 45.6. The Kier molecular flexibility index (Phi) is 17.0. The highest BCUT2D eigenvalue weighted by atomic mass is 19.3. The van der Waals surface area contributed by atoms with E-state index in [2.05, 4.69) is 27.1 Å². The van der Waals surface area contributed by atoms with E-state index in [1.165, 1.54) is 12.8 Å². The van der Waals surface area contributed by atoms with E-state index in [9.17, 15) is 18.9 Å². The van der Waals surface area contributed by atoms with Gasteiger partial charge in [-0.2, -0.15) is 4.94 Å². The second-order valence-electron chi connectivity index (χ2n) is 13.8. The van der Waals surface area contributed by atoms with E-state index < -0.39 is 17.8 Å². The Morgan fingerprint density at radius 1 is 1.16 bits per heavy atom. The lowest BCUT2D eigenvalue weighted by molar-refractivity contribution is -0.304. The molecule has 11 nitrogen and oxygen atoms in total. The van der Waals surface area contributed by atoms with Gasteiger partial charge in [-0.1, -0.05) is 0 Å². The van der Waals surface area contributed by atoms with E-state index in [-0.39, 0.29) is 23.3 Å². The molecule has 2 saturated heterocycles. The predicted molar refractivity (Wildman–Crippen MR) is 171 cm³/mol. The van der Waals surface area contributed by atoms with Crippen LogP contribution in [-0.2, 0) is 33.5 Å². The van der Waals surface area contributed by atoms with Gasteiger partial charge in [0.05, 0.1) is 30.8 Å². The number of ether oxygens (including phenoxy) is 3. The van der Waals surface area contributed by atoms with Crippen molar-refractivity contribution in [3.8, 4) is 0 Å². The molecule has 3 aliphatic rings. The number of likely N-dealkylation sites (tertiary alicyclic amines) is 1. The molecule has 2 heterocycles. The first-order valence-corrected chi connectivity index (χ1v) is 16.7. The van der Waals surface area contributed by atoms with E-state index in [1.807, 2.05) is 32.8 Å². The average molecular weight is 645 g/mol. The molecule has 262 valence electrons. The number of halogens is 1. The highest BCUT2D eigenvalue weighted by Gasteiger charge is 2.39. The smallest absolute Gasteiger partial charge is 0.236 e. The molecule has 0 radical (unpaired) electrons. The van der Waals surface area contributed by atoms with Gasteiger partial charge in [-0.15, -0.1) is 0 Å². The van der Waals surface area contributed by atoms with Gasteiger partial charge in [0.1, 0.15) is 12.1 Å². The van der Waals surface area contributed by atoms with Crippen LogP contribution in [0.4, 0.5) is 4.53 Å². The Hall–Kier alpha value is -1.54. The summed E-state index contributed by atoms with van der Waals surface area (Å²) >= 11 is 0. The van der Waals surface area contributed by atoms with Gasteiger partial charge in [0.15, 0.2) is 6.29 Å². The normalized spacial score (nSPS) is 25.3. The van der Waals surface area contributed by atoms with Gasteiger partial charge in [0, 0.05) is 57.8 Å². The van der Waals surface area contributed by atoms with Crippen LogP contribution in [-0.4, -0.2) is 136 Å². The maximum atomic E-state index is 12.5. The van der Waals surface area contributed by atoms with Gasteiger partial charge in [-0.3, -0.25) is 14.5 Å². The van der Waals surface area contributed by atoms with Crippen LogP contribution in [0.15, 0.2) is 0 Å². The number of ketones is 1. The maximum Gasteiger partial charge on any atom is 0.236 e. The molecule has 0 aromatic carbocycles. The minimum atomic E-state index is -0.679. The number of nitrogens with one attached hydrogen (secondary N) is 1. The van der Waals surface area contributed by atoms with E-state index in [0.717, 1.165) is 51.7 Å². The Morgan fingerprint density at radius 3 is 2.36 bits per heavy atom.